The summed E-state index contributed by atoms with van der Waals surface area (Å²) in [6.45, 7) is 9.91. The summed E-state index contributed by atoms with van der Waals surface area (Å²) in [5.74, 6) is 0.551. The van der Waals surface area contributed by atoms with Crippen LogP contribution in [0.25, 0.3) is 16.9 Å². The molecule has 0 radical (unpaired) electrons. The summed E-state index contributed by atoms with van der Waals surface area (Å²) in [5.41, 5.74) is 6.02. The highest BCUT2D eigenvalue weighted by atomic mass is 15.3. The molecule has 2 aromatic heterocycles. The smallest absolute Gasteiger partial charge is 0.137 e. The fraction of sp³-hybridized carbons (Fsp3) is 0.409. The first-order valence-electron chi connectivity index (χ1n) is 9.59. The number of rotatable bonds is 4. The van der Waals surface area contributed by atoms with Crippen molar-refractivity contribution in [2.75, 3.05) is 33.2 Å². The molecule has 0 N–H and O–H groups in total. The molecule has 1 fully saturated rings. The first-order valence-corrected chi connectivity index (χ1v) is 9.59. The van der Waals surface area contributed by atoms with Gasteiger partial charge in [0.1, 0.15) is 5.65 Å². The maximum absolute atomic E-state index is 4.96. The Morgan fingerprint density at radius 1 is 0.962 bits per heavy atom. The van der Waals surface area contributed by atoms with E-state index >= 15 is 0 Å². The Hall–Kier alpha value is -2.17. The number of pyridine rings is 1. The van der Waals surface area contributed by atoms with E-state index < -0.39 is 0 Å². The standard InChI is InChI=1S/C22H28N4/c1-17(2)18-7-9-19(10-8-18)22-20(16-25-14-12-24(3)13-15-25)26-11-5-4-6-21(26)23-22/h4-11,17H,12-16H2,1-3H3. The van der Waals surface area contributed by atoms with Crippen LogP contribution in [0.1, 0.15) is 31.0 Å². The fourth-order valence-corrected chi connectivity index (χ4v) is 3.67. The van der Waals surface area contributed by atoms with Crippen molar-refractivity contribution in [3.05, 3.63) is 59.9 Å². The molecule has 0 bridgehead atoms. The number of benzene rings is 1. The van der Waals surface area contributed by atoms with E-state index in [9.17, 15) is 0 Å². The predicted octanol–water partition coefficient (Wildman–Crippen LogP) is 3.87. The summed E-state index contributed by atoms with van der Waals surface area (Å²) in [4.78, 5) is 9.91. The summed E-state index contributed by atoms with van der Waals surface area (Å²) >= 11 is 0. The number of piperazine rings is 1. The highest BCUT2D eigenvalue weighted by molar-refractivity contribution is 5.67. The van der Waals surface area contributed by atoms with E-state index in [-0.39, 0.29) is 0 Å². The van der Waals surface area contributed by atoms with Gasteiger partial charge in [-0.15, -0.1) is 0 Å². The average Bonchev–Trinajstić information content (AvgIpc) is 3.02. The number of fused-ring (bicyclic) bond motifs is 1. The van der Waals surface area contributed by atoms with Gasteiger partial charge in [0.25, 0.3) is 0 Å². The van der Waals surface area contributed by atoms with Gasteiger partial charge in [-0.25, -0.2) is 4.98 Å². The maximum atomic E-state index is 4.96. The first-order chi connectivity index (χ1) is 12.6. The van der Waals surface area contributed by atoms with Crippen LogP contribution in [0.4, 0.5) is 0 Å². The lowest BCUT2D eigenvalue weighted by Crippen LogP contribution is -2.44. The Balaban J connectivity index is 1.71. The highest BCUT2D eigenvalue weighted by Crippen LogP contribution is 2.27. The van der Waals surface area contributed by atoms with Gasteiger partial charge in [-0.3, -0.25) is 4.90 Å². The molecule has 0 saturated carbocycles. The van der Waals surface area contributed by atoms with Crippen LogP contribution in [0, 0.1) is 0 Å². The van der Waals surface area contributed by atoms with Gasteiger partial charge in [-0.2, -0.15) is 0 Å². The molecule has 3 aromatic rings. The average molecular weight is 348 g/mol. The topological polar surface area (TPSA) is 23.8 Å². The SMILES string of the molecule is CC(C)c1ccc(-c2nc3ccccn3c2CN2CCN(C)CC2)cc1. The lowest BCUT2D eigenvalue weighted by atomic mass is 10.0. The summed E-state index contributed by atoms with van der Waals surface area (Å²) in [6, 6.07) is 15.2. The van der Waals surface area contributed by atoms with Gasteiger partial charge in [0.05, 0.1) is 11.4 Å². The van der Waals surface area contributed by atoms with Crippen molar-refractivity contribution in [2.45, 2.75) is 26.3 Å². The van der Waals surface area contributed by atoms with E-state index in [4.69, 9.17) is 4.98 Å². The van der Waals surface area contributed by atoms with Gasteiger partial charge < -0.3 is 9.30 Å². The van der Waals surface area contributed by atoms with E-state index in [1.807, 2.05) is 0 Å². The number of hydrogen-bond donors (Lipinski definition) is 0. The summed E-state index contributed by atoms with van der Waals surface area (Å²) in [7, 11) is 2.20. The fourth-order valence-electron chi connectivity index (χ4n) is 3.67. The maximum Gasteiger partial charge on any atom is 0.137 e. The number of nitrogens with zero attached hydrogens (tertiary/aromatic N) is 4. The van der Waals surface area contributed by atoms with Gasteiger partial charge >= 0.3 is 0 Å². The lowest BCUT2D eigenvalue weighted by molar-refractivity contribution is 0.147. The van der Waals surface area contributed by atoms with Crippen LogP contribution in [0.3, 0.4) is 0 Å². The lowest BCUT2D eigenvalue weighted by Gasteiger charge is -2.32. The van der Waals surface area contributed by atoms with Crippen molar-refractivity contribution < 1.29 is 0 Å². The van der Waals surface area contributed by atoms with Gasteiger partial charge in [-0.05, 0) is 30.7 Å². The second kappa shape index (κ2) is 7.22. The third-order valence-electron chi connectivity index (χ3n) is 5.45. The monoisotopic (exact) mass is 348 g/mol. The quantitative estimate of drug-likeness (QED) is 0.715. The minimum atomic E-state index is 0.551. The molecule has 1 saturated heterocycles. The van der Waals surface area contributed by atoms with Crippen LogP contribution in [0.2, 0.25) is 0 Å². The molecule has 0 unspecified atom stereocenters. The molecule has 3 heterocycles. The molecule has 1 aliphatic heterocycles. The largest absolute Gasteiger partial charge is 0.304 e. The van der Waals surface area contributed by atoms with E-state index in [1.165, 1.54) is 16.8 Å². The van der Waals surface area contributed by atoms with Crippen LogP contribution in [-0.2, 0) is 6.54 Å². The molecule has 4 heteroatoms. The van der Waals surface area contributed by atoms with Crippen molar-refractivity contribution in [1.29, 1.82) is 0 Å². The summed E-state index contributed by atoms with van der Waals surface area (Å²) < 4.78 is 2.25. The van der Waals surface area contributed by atoms with Crippen molar-refractivity contribution in [1.82, 2.24) is 19.2 Å². The molecule has 0 amide bonds. The van der Waals surface area contributed by atoms with Gasteiger partial charge in [0.2, 0.25) is 0 Å². The Morgan fingerprint density at radius 2 is 1.69 bits per heavy atom. The molecule has 136 valence electrons. The summed E-state index contributed by atoms with van der Waals surface area (Å²) in [5, 5.41) is 0. The van der Waals surface area contributed by atoms with E-state index in [2.05, 4.69) is 83.8 Å². The van der Waals surface area contributed by atoms with Crippen LogP contribution in [-0.4, -0.2) is 52.4 Å². The molecule has 0 spiro atoms. The molecular weight excluding hydrogens is 320 g/mol. The second-order valence-corrected chi connectivity index (χ2v) is 7.69. The minimum Gasteiger partial charge on any atom is -0.304 e. The van der Waals surface area contributed by atoms with Crippen LogP contribution < -0.4 is 0 Å². The van der Waals surface area contributed by atoms with E-state index in [1.54, 1.807) is 0 Å². The van der Waals surface area contributed by atoms with Crippen molar-refractivity contribution >= 4 is 5.65 Å². The highest BCUT2D eigenvalue weighted by Gasteiger charge is 2.20. The number of imidazole rings is 1. The number of aromatic nitrogens is 2. The third kappa shape index (κ3) is 3.39. The van der Waals surface area contributed by atoms with Crippen LogP contribution >= 0.6 is 0 Å². The minimum absolute atomic E-state index is 0.551. The van der Waals surface area contributed by atoms with Gasteiger partial charge in [0.15, 0.2) is 0 Å². The van der Waals surface area contributed by atoms with Crippen molar-refractivity contribution in [3.63, 3.8) is 0 Å². The molecule has 0 aliphatic carbocycles. The molecule has 4 rings (SSSR count). The second-order valence-electron chi connectivity index (χ2n) is 7.69. The first kappa shape index (κ1) is 17.3. The number of likely N-dealkylation sites (N-methyl/N-ethyl adjacent to an activating group) is 1. The molecule has 1 aromatic carbocycles. The Kier molecular flexibility index (Phi) is 4.79. The number of hydrogen-bond acceptors (Lipinski definition) is 3. The molecule has 0 atom stereocenters. The van der Waals surface area contributed by atoms with Gasteiger partial charge in [0, 0.05) is 44.5 Å². The zero-order valence-corrected chi connectivity index (χ0v) is 16.0. The Bertz CT molecular complexity index is 871. The van der Waals surface area contributed by atoms with Crippen molar-refractivity contribution in [2.24, 2.45) is 0 Å². The molecular formula is C22H28N4. The van der Waals surface area contributed by atoms with Crippen LogP contribution in [0.5, 0.6) is 0 Å². The molecule has 26 heavy (non-hydrogen) atoms. The zero-order valence-electron chi connectivity index (χ0n) is 16.0. The Labute approximate surface area is 156 Å². The van der Waals surface area contributed by atoms with E-state index in [0.29, 0.717) is 5.92 Å². The Morgan fingerprint density at radius 3 is 2.38 bits per heavy atom. The van der Waals surface area contributed by atoms with E-state index in [0.717, 1.165) is 44.1 Å². The van der Waals surface area contributed by atoms with Crippen molar-refractivity contribution in [3.8, 4) is 11.3 Å². The van der Waals surface area contributed by atoms with Crippen LogP contribution in [0.15, 0.2) is 48.7 Å². The normalized spacial score (nSPS) is 16.6. The molecule has 4 nitrogen and oxygen atoms in total. The zero-order chi connectivity index (χ0) is 18.1. The third-order valence-corrected chi connectivity index (χ3v) is 5.45. The predicted molar refractivity (Wildman–Crippen MR) is 107 cm³/mol. The molecule has 1 aliphatic rings. The summed E-state index contributed by atoms with van der Waals surface area (Å²) in [6.07, 6.45) is 2.14. The van der Waals surface area contributed by atoms with Gasteiger partial charge in [-0.1, -0.05) is 44.2 Å².